The Balaban J connectivity index is 2.02. The molecule has 1 saturated carbocycles. The summed E-state index contributed by atoms with van der Waals surface area (Å²) in [7, 11) is 1.76. The first-order chi connectivity index (χ1) is 7.53. The van der Waals surface area contributed by atoms with Gasteiger partial charge in [0, 0.05) is 20.1 Å². The number of rotatable bonds is 1. The van der Waals surface area contributed by atoms with Gasteiger partial charge in [-0.2, -0.15) is 0 Å². The molecule has 1 heterocycles. The third-order valence-corrected chi connectivity index (χ3v) is 3.67. The lowest BCUT2D eigenvalue weighted by Crippen LogP contribution is -2.59. The Hall–Kier alpha value is -1.10. The van der Waals surface area contributed by atoms with Crippen LogP contribution in [0.4, 0.5) is 0 Å². The normalized spacial score (nSPS) is 25.0. The number of likely N-dealkylation sites (N-methyl/N-ethyl adjacent to an activating group) is 1. The predicted octanol–water partition coefficient (Wildman–Crippen LogP) is -0.441. The third kappa shape index (κ3) is 1.91. The van der Waals surface area contributed by atoms with Gasteiger partial charge in [0.1, 0.15) is 0 Å². The van der Waals surface area contributed by atoms with Crippen molar-refractivity contribution in [2.75, 3.05) is 26.7 Å². The molecule has 2 N–H and O–H groups in total. The van der Waals surface area contributed by atoms with Crippen LogP contribution >= 0.6 is 0 Å². The summed E-state index contributed by atoms with van der Waals surface area (Å²) in [5, 5.41) is 0. The molecular formula is C11H19N3O2. The fourth-order valence-electron chi connectivity index (χ4n) is 2.47. The van der Waals surface area contributed by atoms with Crippen molar-refractivity contribution in [3.63, 3.8) is 0 Å². The standard InChI is InChI=1S/C11H19N3O2/c1-13-6-7-14(8-9(13)15)10(16)11(12)4-2-3-5-11/h2-8,12H2,1H3. The van der Waals surface area contributed by atoms with Gasteiger partial charge in [-0.1, -0.05) is 12.8 Å². The molecule has 1 aliphatic heterocycles. The Morgan fingerprint density at radius 1 is 1.31 bits per heavy atom. The maximum atomic E-state index is 12.2. The summed E-state index contributed by atoms with van der Waals surface area (Å²) in [6.45, 7) is 1.41. The third-order valence-electron chi connectivity index (χ3n) is 3.67. The first kappa shape index (κ1) is 11.4. The molecule has 0 atom stereocenters. The Labute approximate surface area is 95.6 Å². The smallest absolute Gasteiger partial charge is 0.243 e. The number of nitrogens with two attached hydrogens (primary N) is 1. The summed E-state index contributed by atoms with van der Waals surface area (Å²) in [5.74, 6) is -0.0346. The molecule has 1 aliphatic carbocycles. The van der Waals surface area contributed by atoms with E-state index in [1.165, 1.54) is 0 Å². The van der Waals surface area contributed by atoms with Gasteiger partial charge in [-0.05, 0) is 12.8 Å². The van der Waals surface area contributed by atoms with Crippen LogP contribution < -0.4 is 5.73 Å². The van der Waals surface area contributed by atoms with E-state index in [4.69, 9.17) is 5.73 Å². The average Bonchev–Trinajstić information content (AvgIpc) is 2.70. The van der Waals surface area contributed by atoms with Crippen molar-refractivity contribution in [3.8, 4) is 0 Å². The van der Waals surface area contributed by atoms with Crippen molar-refractivity contribution < 1.29 is 9.59 Å². The SMILES string of the molecule is CN1CCN(C(=O)C2(N)CCCC2)CC1=O. The molecule has 0 spiro atoms. The molecule has 2 rings (SSSR count). The minimum absolute atomic E-state index is 0.00111. The zero-order chi connectivity index (χ0) is 11.8. The highest BCUT2D eigenvalue weighted by Gasteiger charge is 2.41. The maximum Gasteiger partial charge on any atom is 0.243 e. The Kier molecular flexibility index (Phi) is 2.88. The van der Waals surface area contributed by atoms with Gasteiger partial charge in [-0.25, -0.2) is 0 Å². The van der Waals surface area contributed by atoms with Gasteiger partial charge in [0.05, 0.1) is 12.1 Å². The molecule has 90 valence electrons. The highest BCUT2D eigenvalue weighted by Crippen LogP contribution is 2.29. The fourth-order valence-corrected chi connectivity index (χ4v) is 2.47. The first-order valence-corrected chi connectivity index (χ1v) is 5.85. The minimum atomic E-state index is -0.698. The van der Waals surface area contributed by atoms with Gasteiger partial charge in [0.15, 0.2) is 0 Å². The lowest BCUT2D eigenvalue weighted by atomic mass is 9.97. The summed E-state index contributed by atoms with van der Waals surface area (Å²) >= 11 is 0. The summed E-state index contributed by atoms with van der Waals surface area (Å²) in [5.41, 5.74) is 5.40. The molecule has 0 radical (unpaired) electrons. The highest BCUT2D eigenvalue weighted by molar-refractivity contribution is 5.91. The number of amides is 2. The predicted molar refractivity (Wildman–Crippen MR) is 59.6 cm³/mol. The number of carbonyl (C=O) groups excluding carboxylic acids is 2. The second-order valence-corrected chi connectivity index (χ2v) is 4.91. The molecule has 2 amide bonds. The van der Waals surface area contributed by atoms with E-state index in [1.807, 2.05) is 0 Å². The lowest BCUT2D eigenvalue weighted by Gasteiger charge is -2.36. The van der Waals surface area contributed by atoms with Crippen LogP contribution in [0.3, 0.4) is 0 Å². The number of carbonyl (C=O) groups is 2. The van der Waals surface area contributed by atoms with E-state index in [0.717, 1.165) is 25.7 Å². The van der Waals surface area contributed by atoms with Gasteiger partial charge in [-0.15, -0.1) is 0 Å². The molecule has 0 aromatic heterocycles. The van der Waals surface area contributed by atoms with Crippen LogP contribution in [0.25, 0.3) is 0 Å². The van der Waals surface area contributed by atoms with Crippen LogP contribution in [0.5, 0.6) is 0 Å². The van der Waals surface area contributed by atoms with Crippen LogP contribution in [-0.2, 0) is 9.59 Å². The second-order valence-electron chi connectivity index (χ2n) is 4.91. The summed E-state index contributed by atoms with van der Waals surface area (Å²) in [6, 6.07) is 0. The molecule has 2 fully saturated rings. The molecule has 0 aromatic carbocycles. The molecule has 5 nitrogen and oxygen atoms in total. The van der Waals surface area contributed by atoms with Gasteiger partial charge >= 0.3 is 0 Å². The van der Waals surface area contributed by atoms with Crippen LogP contribution in [0, 0.1) is 0 Å². The van der Waals surface area contributed by atoms with Crippen LogP contribution in [-0.4, -0.2) is 53.8 Å². The van der Waals surface area contributed by atoms with Gasteiger partial charge in [-0.3, -0.25) is 9.59 Å². The molecular weight excluding hydrogens is 206 g/mol. The van der Waals surface area contributed by atoms with Crippen LogP contribution in [0.15, 0.2) is 0 Å². The highest BCUT2D eigenvalue weighted by atomic mass is 16.2. The molecule has 5 heteroatoms. The van der Waals surface area contributed by atoms with Crippen molar-refractivity contribution >= 4 is 11.8 Å². The van der Waals surface area contributed by atoms with Crippen molar-refractivity contribution in [1.29, 1.82) is 0 Å². The number of hydrogen-bond acceptors (Lipinski definition) is 3. The van der Waals surface area contributed by atoms with Crippen molar-refractivity contribution in [3.05, 3.63) is 0 Å². The van der Waals surface area contributed by atoms with E-state index < -0.39 is 5.54 Å². The zero-order valence-corrected chi connectivity index (χ0v) is 9.74. The Morgan fingerprint density at radius 3 is 2.50 bits per heavy atom. The van der Waals surface area contributed by atoms with Crippen LogP contribution in [0.2, 0.25) is 0 Å². The van der Waals surface area contributed by atoms with E-state index in [2.05, 4.69) is 0 Å². The maximum absolute atomic E-state index is 12.2. The summed E-state index contributed by atoms with van der Waals surface area (Å²) < 4.78 is 0. The topological polar surface area (TPSA) is 66.6 Å². The van der Waals surface area contributed by atoms with Crippen LogP contribution in [0.1, 0.15) is 25.7 Å². The number of nitrogens with zero attached hydrogens (tertiary/aromatic N) is 2. The lowest BCUT2D eigenvalue weighted by molar-refractivity contribution is -0.147. The average molecular weight is 225 g/mol. The monoisotopic (exact) mass is 225 g/mol. The van der Waals surface area contributed by atoms with E-state index in [9.17, 15) is 9.59 Å². The summed E-state index contributed by atoms with van der Waals surface area (Å²) in [4.78, 5) is 27.0. The van der Waals surface area contributed by atoms with Crippen molar-refractivity contribution in [2.45, 2.75) is 31.2 Å². The Bertz CT molecular complexity index is 310. The van der Waals surface area contributed by atoms with Crippen molar-refractivity contribution in [1.82, 2.24) is 9.80 Å². The van der Waals surface area contributed by atoms with Gasteiger partial charge in [0.25, 0.3) is 0 Å². The van der Waals surface area contributed by atoms with E-state index in [-0.39, 0.29) is 18.4 Å². The van der Waals surface area contributed by atoms with E-state index >= 15 is 0 Å². The molecule has 0 aromatic rings. The Morgan fingerprint density at radius 2 is 1.94 bits per heavy atom. The second kappa shape index (κ2) is 4.05. The molecule has 0 unspecified atom stereocenters. The minimum Gasteiger partial charge on any atom is -0.342 e. The van der Waals surface area contributed by atoms with Gasteiger partial charge in [0.2, 0.25) is 11.8 Å². The largest absolute Gasteiger partial charge is 0.342 e. The number of hydrogen-bond donors (Lipinski definition) is 1. The fraction of sp³-hybridized carbons (Fsp3) is 0.818. The quantitative estimate of drug-likeness (QED) is 0.658. The molecule has 2 aliphatic rings. The van der Waals surface area contributed by atoms with Gasteiger partial charge < -0.3 is 15.5 Å². The van der Waals surface area contributed by atoms with E-state index in [1.54, 1.807) is 16.8 Å². The zero-order valence-electron chi connectivity index (χ0n) is 9.74. The van der Waals surface area contributed by atoms with Crippen molar-refractivity contribution in [2.24, 2.45) is 5.73 Å². The van der Waals surface area contributed by atoms with E-state index in [0.29, 0.717) is 13.1 Å². The summed E-state index contributed by atoms with van der Waals surface area (Å²) in [6.07, 6.45) is 3.55. The molecule has 0 bridgehead atoms. The molecule has 16 heavy (non-hydrogen) atoms. The first-order valence-electron chi connectivity index (χ1n) is 5.85. The number of piperazine rings is 1. The molecule has 1 saturated heterocycles.